The summed E-state index contributed by atoms with van der Waals surface area (Å²) in [5, 5.41) is 2.23. The number of rotatable bonds is 2. The molecule has 1 radical (unpaired) electrons. The summed E-state index contributed by atoms with van der Waals surface area (Å²) in [6, 6.07) is 32.6. The molecule has 0 aliphatic carbocycles. The van der Waals surface area contributed by atoms with Crippen molar-refractivity contribution < 1.29 is 24.5 Å². The third-order valence-electron chi connectivity index (χ3n) is 5.88. The number of aromatic nitrogens is 2. The summed E-state index contributed by atoms with van der Waals surface area (Å²) in [5.41, 5.74) is 9.32. The van der Waals surface area contributed by atoms with E-state index in [2.05, 4.69) is 67.1 Å². The summed E-state index contributed by atoms with van der Waals surface area (Å²) in [5.74, 6) is 0. The van der Waals surface area contributed by atoms with Gasteiger partial charge in [0.2, 0.25) is 0 Å². The molecule has 0 atom stereocenters. The fraction of sp³-hybridized carbons (Fsp3) is 0.0968. The van der Waals surface area contributed by atoms with E-state index in [-0.39, 0.29) is 20.1 Å². The topological polar surface area (TPSA) is 38.9 Å². The average Bonchev–Trinajstić information content (AvgIpc) is 3.26. The number of aryl methyl sites for hydroxylation is 3. The summed E-state index contributed by atoms with van der Waals surface area (Å²) in [4.78, 5) is 8.79. The molecule has 0 amide bonds. The summed E-state index contributed by atoms with van der Waals surface area (Å²) >= 11 is 0. The second kappa shape index (κ2) is 10.8. The fourth-order valence-electron chi connectivity index (χ4n) is 3.82. The van der Waals surface area contributed by atoms with Crippen molar-refractivity contribution in [2.24, 2.45) is 0 Å². The van der Waals surface area contributed by atoms with Gasteiger partial charge in [0, 0.05) is 37.9 Å². The minimum atomic E-state index is 0. The zero-order valence-corrected chi connectivity index (χ0v) is 22.2. The van der Waals surface area contributed by atoms with Crippen LogP contribution in [-0.4, -0.2) is 9.97 Å². The quantitative estimate of drug-likeness (QED) is 0.182. The molecule has 0 aliphatic heterocycles. The first-order valence-corrected chi connectivity index (χ1v) is 11.3. The molecule has 0 spiro atoms. The molecule has 175 valence electrons. The van der Waals surface area contributed by atoms with Gasteiger partial charge in [0.05, 0.1) is 5.58 Å². The Hall–Kier alpha value is -3.59. The zero-order valence-electron chi connectivity index (χ0n) is 19.8. The maximum atomic E-state index is 5.97. The summed E-state index contributed by atoms with van der Waals surface area (Å²) in [6.45, 7) is 6.24. The molecule has 35 heavy (non-hydrogen) atoms. The van der Waals surface area contributed by atoms with E-state index >= 15 is 0 Å². The fourth-order valence-corrected chi connectivity index (χ4v) is 3.82. The second-order valence-electron chi connectivity index (χ2n) is 8.34. The van der Waals surface area contributed by atoms with Gasteiger partial charge >= 0.3 is 0 Å². The van der Waals surface area contributed by atoms with Gasteiger partial charge in [-0.2, -0.15) is 0 Å². The van der Waals surface area contributed by atoms with Crippen LogP contribution < -0.4 is 0 Å². The molecule has 0 aliphatic rings. The van der Waals surface area contributed by atoms with E-state index in [9.17, 15) is 0 Å². The van der Waals surface area contributed by atoms with Crippen LogP contribution in [0.4, 0.5) is 0 Å². The minimum absolute atomic E-state index is 0. The average molecular weight is 633 g/mol. The SMILES string of the molecule is Cc1c[c-]c(-c2cc(C)c(C)cn2)cc1.[Ir].[c-]1ccc2c(oc3ccccc32)c1-c1ccccn1. The van der Waals surface area contributed by atoms with E-state index in [4.69, 9.17) is 4.42 Å². The Morgan fingerprint density at radius 1 is 0.743 bits per heavy atom. The number of hydrogen-bond donors (Lipinski definition) is 0. The normalized spacial score (nSPS) is 10.5. The van der Waals surface area contributed by atoms with Gasteiger partial charge in [0.1, 0.15) is 5.58 Å². The number of nitrogens with zero attached hydrogens (tertiary/aromatic N) is 2. The summed E-state index contributed by atoms with van der Waals surface area (Å²) < 4.78 is 5.97. The van der Waals surface area contributed by atoms with E-state index in [0.29, 0.717) is 0 Å². The first-order chi connectivity index (χ1) is 16.6. The smallest absolute Gasteiger partial charge is 0.120 e. The first-order valence-electron chi connectivity index (χ1n) is 11.3. The maximum absolute atomic E-state index is 5.97. The third-order valence-corrected chi connectivity index (χ3v) is 5.88. The molecule has 3 heterocycles. The van der Waals surface area contributed by atoms with E-state index in [1.807, 2.05) is 60.8 Å². The van der Waals surface area contributed by atoms with E-state index in [1.165, 1.54) is 16.7 Å². The van der Waals surface area contributed by atoms with Crippen LogP contribution in [0.5, 0.6) is 0 Å². The largest absolute Gasteiger partial charge is 0.501 e. The molecule has 3 nitrogen and oxygen atoms in total. The van der Waals surface area contributed by atoms with Crippen molar-refractivity contribution in [3.63, 3.8) is 0 Å². The van der Waals surface area contributed by atoms with Gasteiger partial charge in [-0.05, 0) is 42.9 Å². The number of hydrogen-bond acceptors (Lipinski definition) is 3. The Kier molecular flexibility index (Phi) is 7.55. The van der Waals surface area contributed by atoms with Gasteiger partial charge in [0.15, 0.2) is 0 Å². The van der Waals surface area contributed by atoms with Crippen LogP contribution in [0, 0.1) is 32.9 Å². The van der Waals surface area contributed by atoms with Crippen molar-refractivity contribution in [3.8, 4) is 22.5 Å². The van der Waals surface area contributed by atoms with Crippen molar-refractivity contribution in [1.82, 2.24) is 9.97 Å². The van der Waals surface area contributed by atoms with E-state index in [1.54, 1.807) is 6.20 Å². The summed E-state index contributed by atoms with van der Waals surface area (Å²) in [6.07, 6.45) is 3.70. The van der Waals surface area contributed by atoms with Crippen LogP contribution in [0.3, 0.4) is 0 Å². The second-order valence-corrected chi connectivity index (χ2v) is 8.34. The number of pyridine rings is 2. The van der Waals surface area contributed by atoms with E-state index < -0.39 is 0 Å². The Labute approximate surface area is 219 Å². The van der Waals surface area contributed by atoms with E-state index in [0.717, 1.165) is 44.5 Å². The molecule has 6 rings (SSSR count). The van der Waals surface area contributed by atoms with Gasteiger partial charge < -0.3 is 14.4 Å². The first kappa shape index (κ1) is 24.5. The Morgan fingerprint density at radius 2 is 1.57 bits per heavy atom. The number of furan rings is 1. The van der Waals surface area contributed by atoms with Gasteiger partial charge in [0.25, 0.3) is 0 Å². The monoisotopic (exact) mass is 633 g/mol. The Morgan fingerprint density at radius 3 is 2.31 bits per heavy atom. The zero-order chi connectivity index (χ0) is 23.5. The molecule has 0 bridgehead atoms. The number of fused-ring (bicyclic) bond motifs is 3. The predicted molar refractivity (Wildman–Crippen MR) is 139 cm³/mol. The van der Waals surface area contributed by atoms with Crippen LogP contribution in [-0.2, 0) is 20.1 Å². The summed E-state index contributed by atoms with van der Waals surface area (Å²) in [7, 11) is 0. The molecule has 0 fully saturated rings. The van der Waals surface area contributed by atoms with Gasteiger partial charge in [-0.3, -0.25) is 0 Å². The van der Waals surface area contributed by atoms with Gasteiger partial charge in [-0.1, -0.05) is 59.8 Å². The molecule has 0 unspecified atom stereocenters. The molecule has 6 aromatic rings. The van der Waals surface area contributed by atoms with Crippen molar-refractivity contribution in [3.05, 3.63) is 120 Å². The molecular formula is C31H24IrN2O-2. The molecule has 3 aromatic carbocycles. The molecule has 3 aromatic heterocycles. The van der Waals surface area contributed by atoms with Gasteiger partial charge in [-0.15, -0.1) is 53.6 Å². The van der Waals surface area contributed by atoms with Gasteiger partial charge in [-0.25, -0.2) is 0 Å². The van der Waals surface area contributed by atoms with Crippen molar-refractivity contribution >= 4 is 21.9 Å². The minimum Gasteiger partial charge on any atom is -0.501 e. The Balaban J connectivity index is 0.000000165. The molecule has 4 heteroatoms. The molecule has 0 saturated carbocycles. The molecular weight excluding hydrogens is 609 g/mol. The standard InChI is InChI=1S/C17H10NO.C14H14N.Ir/c1-2-10-16-12(6-1)13-7-5-8-14(17(13)19-16)15-9-3-4-11-18-15;1-10-4-6-13(7-5-10)14-8-11(2)12(3)9-15-14;/h1-7,9-11H;4-6,8-9H,1-3H3;/q2*-1;. The van der Waals surface area contributed by atoms with Crippen molar-refractivity contribution in [2.75, 3.05) is 0 Å². The molecule has 0 saturated heterocycles. The number of para-hydroxylation sites is 1. The third kappa shape index (κ3) is 5.24. The maximum Gasteiger partial charge on any atom is 0.120 e. The predicted octanol–water partition coefficient (Wildman–Crippen LogP) is 7.92. The van der Waals surface area contributed by atoms with Crippen LogP contribution in [0.25, 0.3) is 44.5 Å². The number of benzene rings is 3. The van der Waals surface area contributed by atoms with Crippen LogP contribution >= 0.6 is 0 Å². The van der Waals surface area contributed by atoms with Crippen LogP contribution in [0.1, 0.15) is 16.7 Å². The van der Waals surface area contributed by atoms with Crippen molar-refractivity contribution in [2.45, 2.75) is 20.8 Å². The van der Waals surface area contributed by atoms with Crippen molar-refractivity contribution in [1.29, 1.82) is 0 Å². The Bertz CT molecular complexity index is 1570. The van der Waals surface area contributed by atoms with Crippen LogP contribution in [0.2, 0.25) is 0 Å². The van der Waals surface area contributed by atoms with Crippen LogP contribution in [0.15, 0.2) is 95.7 Å². The molecule has 0 N–H and O–H groups in total.